The molecule has 0 amide bonds. The maximum absolute atomic E-state index is 13.2. The molecule has 0 saturated heterocycles. The quantitative estimate of drug-likeness (QED) is 0.469. The average Bonchev–Trinajstić information content (AvgIpc) is 3.29. The Bertz CT molecular complexity index is 1310. The van der Waals surface area contributed by atoms with E-state index in [1.165, 1.54) is 23.9 Å². The van der Waals surface area contributed by atoms with Gasteiger partial charge in [-0.25, -0.2) is 9.07 Å². The summed E-state index contributed by atoms with van der Waals surface area (Å²) in [6.07, 6.45) is 2.00. The highest BCUT2D eigenvalue weighted by atomic mass is 32.2. The molecule has 1 unspecified atom stereocenters. The van der Waals surface area contributed by atoms with E-state index in [-0.39, 0.29) is 11.6 Å². The molecule has 0 radical (unpaired) electrons. The molecule has 10 heteroatoms. The molecular formula is C25H25FN4O4S. The summed E-state index contributed by atoms with van der Waals surface area (Å²) < 4.78 is 31.7. The smallest absolute Gasteiger partial charge is 0.227 e. The van der Waals surface area contributed by atoms with Gasteiger partial charge in [-0.05, 0) is 36.6 Å². The number of hydrogen-bond donors (Lipinski definition) is 1. The largest absolute Gasteiger partial charge is 0.496 e. The van der Waals surface area contributed by atoms with Gasteiger partial charge in [0.15, 0.2) is 17.3 Å². The topological polar surface area (TPSA) is 87.5 Å². The maximum Gasteiger partial charge on any atom is 0.227 e. The number of halogens is 1. The predicted molar refractivity (Wildman–Crippen MR) is 130 cm³/mol. The van der Waals surface area contributed by atoms with E-state index in [4.69, 9.17) is 24.3 Å². The molecule has 3 aromatic rings. The molecule has 1 atom stereocenters. The van der Waals surface area contributed by atoms with Crippen molar-refractivity contribution < 1.29 is 23.4 Å². The van der Waals surface area contributed by atoms with Gasteiger partial charge in [0.2, 0.25) is 11.1 Å². The van der Waals surface area contributed by atoms with Gasteiger partial charge < -0.3 is 19.5 Å². The van der Waals surface area contributed by atoms with Gasteiger partial charge in [-0.3, -0.25) is 4.79 Å². The number of nitrogens with zero attached hydrogens (tertiary/aromatic N) is 3. The van der Waals surface area contributed by atoms with Gasteiger partial charge in [-0.15, -0.1) is 5.10 Å². The first-order chi connectivity index (χ1) is 17.0. The number of ketones is 1. The van der Waals surface area contributed by atoms with Crippen LogP contribution in [0.2, 0.25) is 0 Å². The minimum atomic E-state index is -0.531. The Morgan fingerprint density at radius 2 is 1.77 bits per heavy atom. The fourth-order valence-corrected chi connectivity index (χ4v) is 5.27. The van der Waals surface area contributed by atoms with Gasteiger partial charge in [-0.1, -0.05) is 23.9 Å². The summed E-state index contributed by atoms with van der Waals surface area (Å²) in [5.74, 6) is 2.55. The molecule has 1 aliphatic carbocycles. The minimum Gasteiger partial charge on any atom is -0.496 e. The molecule has 182 valence electrons. The summed E-state index contributed by atoms with van der Waals surface area (Å²) in [4.78, 5) is 17.8. The fraction of sp³-hybridized carbons (Fsp3) is 0.320. The molecule has 0 spiro atoms. The van der Waals surface area contributed by atoms with Crippen molar-refractivity contribution in [2.45, 2.75) is 36.2 Å². The zero-order valence-corrected chi connectivity index (χ0v) is 20.4. The lowest BCUT2D eigenvalue weighted by Gasteiger charge is -2.33. The number of methoxy groups -OCH3 is 3. The summed E-state index contributed by atoms with van der Waals surface area (Å²) in [6.45, 7) is 0. The average molecular weight is 497 g/mol. The molecule has 2 aromatic carbocycles. The third-order valence-corrected chi connectivity index (χ3v) is 7.07. The zero-order chi connectivity index (χ0) is 24.5. The predicted octanol–water partition coefficient (Wildman–Crippen LogP) is 4.76. The lowest BCUT2D eigenvalue weighted by atomic mass is 9.85. The number of nitrogens with one attached hydrogen (secondary N) is 1. The Morgan fingerprint density at radius 1 is 1.06 bits per heavy atom. The van der Waals surface area contributed by atoms with Crippen LogP contribution in [0.15, 0.2) is 52.8 Å². The lowest BCUT2D eigenvalue weighted by Crippen LogP contribution is -2.31. The monoisotopic (exact) mass is 496 g/mol. The van der Waals surface area contributed by atoms with Crippen molar-refractivity contribution in [1.29, 1.82) is 0 Å². The van der Waals surface area contributed by atoms with Crippen molar-refractivity contribution in [3.05, 3.63) is 64.6 Å². The molecule has 0 fully saturated rings. The lowest BCUT2D eigenvalue weighted by molar-refractivity contribution is -0.116. The molecule has 35 heavy (non-hydrogen) atoms. The summed E-state index contributed by atoms with van der Waals surface area (Å²) in [5.41, 5.74) is 3.21. The minimum absolute atomic E-state index is 0.0715. The SMILES string of the molecule is COc1cc(OC)c(C2C3=C(CCCC3=O)Nc3nc(SCc4ccc(F)cc4)nn32)cc1OC. The third-order valence-electron chi connectivity index (χ3n) is 6.16. The van der Waals surface area contributed by atoms with Crippen LogP contribution in [0.5, 0.6) is 17.2 Å². The van der Waals surface area contributed by atoms with Crippen LogP contribution in [0.4, 0.5) is 10.3 Å². The number of hydrogen-bond acceptors (Lipinski definition) is 8. The van der Waals surface area contributed by atoms with Gasteiger partial charge >= 0.3 is 0 Å². The summed E-state index contributed by atoms with van der Waals surface area (Å²) in [6, 6.07) is 9.41. The zero-order valence-electron chi connectivity index (χ0n) is 19.6. The van der Waals surface area contributed by atoms with E-state index in [0.29, 0.717) is 46.1 Å². The number of thioether (sulfide) groups is 1. The Morgan fingerprint density at radius 3 is 2.49 bits per heavy atom. The number of benzene rings is 2. The first kappa shape index (κ1) is 23.2. The number of anilines is 1. The van der Waals surface area contributed by atoms with Crippen molar-refractivity contribution >= 4 is 23.5 Å². The third kappa shape index (κ3) is 4.34. The molecule has 0 bridgehead atoms. The maximum atomic E-state index is 13.2. The number of rotatable bonds is 7. The molecule has 1 N–H and O–H groups in total. The van der Waals surface area contributed by atoms with Gasteiger partial charge in [0.25, 0.3) is 0 Å². The van der Waals surface area contributed by atoms with E-state index in [9.17, 15) is 9.18 Å². The van der Waals surface area contributed by atoms with Crippen molar-refractivity contribution in [1.82, 2.24) is 14.8 Å². The first-order valence-corrected chi connectivity index (χ1v) is 12.2. The first-order valence-electron chi connectivity index (χ1n) is 11.2. The summed E-state index contributed by atoms with van der Waals surface area (Å²) >= 11 is 1.44. The number of carbonyl (C=O) groups excluding carboxylic acids is 1. The van der Waals surface area contributed by atoms with Crippen LogP contribution in [0.25, 0.3) is 0 Å². The van der Waals surface area contributed by atoms with Gasteiger partial charge in [0.05, 0.1) is 21.3 Å². The highest BCUT2D eigenvalue weighted by Crippen LogP contribution is 2.46. The second kappa shape index (κ2) is 9.61. The molecular weight excluding hydrogens is 471 g/mol. The number of ether oxygens (including phenoxy) is 3. The van der Waals surface area contributed by atoms with Crippen LogP contribution < -0.4 is 19.5 Å². The van der Waals surface area contributed by atoms with E-state index < -0.39 is 6.04 Å². The Balaban J connectivity index is 1.58. The fourth-order valence-electron chi connectivity index (χ4n) is 4.48. The number of carbonyl (C=O) groups is 1. The van der Waals surface area contributed by atoms with E-state index in [1.807, 2.05) is 6.07 Å². The van der Waals surface area contributed by atoms with Crippen LogP contribution in [0.3, 0.4) is 0 Å². The molecule has 8 nitrogen and oxygen atoms in total. The standard InChI is InChI=1S/C25H25FN4O4S/c1-32-19-12-21(34-3)20(33-2)11-16(19)23-22-17(5-4-6-18(22)31)27-24-28-25(29-30(23)24)35-13-14-7-9-15(26)10-8-14/h7-12,23H,4-6,13H2,1-3H3,(H,27,28,29). The van der Waals surface area contributed by atoms with E-state index in [0.717, 1.165) is 29.7 Å². The number of allylic oxidation sites excluding steroid dienone is 2. The van der Waals surface area contributed by atoms with E-state index >= 15 is 0 Å². The van der Waals surface area contributed by atoms with Crippen molar-refractivity contribution in [3.63, 3.8) is 0 Å². The number of aromatic nitrogens is 3. The molecule has 2 heterocycles. The second-order valence-electron chi connectivity index (χ2n) is 8.22. The van der Waals surface area contributed by atoms with Crippen molar-refractivity contribution in [2.75, 3.05) is 26.6 Å². The second-order valence-corrected chi connectivity index (χ2v) is 9.17. The van der Waals surface area contributed by atoms with Crippen LogP contribution in [-0.4, -0.2) is 41.9 Å². The highest BCUT2D eigenvalue weighted by Gasteiger charge is 2.38. The molecule has 5 rings (SSSR count). The molecule has 1 aromatic heterocycles. The normalized spacial score (nSPS) is 16.9. The van der Waals surface area contributed by atoms with E-state index in [2.05, 4.69) is 5.32 Å². The molecule has 0 saturated carbocycles. The van der Waals surface area contributed by atoms with Crippen LogP contribution in [0.1, 0.15) is 36.4 Å². The highest BCUT2D eigenvalue weighted by molar-refractivity contribution is 7.98. The summed E-state index contributed by atoms with van der Waals surface area (Å²) in [5, 5.41) is 8.64. The van der Waals surface area contributed by atoms with Crippen LogP contribution in [0, 0.1) is 5.82 Å². The van der Waals surface area contributed by atoms with Crippen LogP contribution in [-0.2, 0) is 10.5 Å². The molecule has 2 aliphatic rings. The Hall–Kier alpha value is -3.53. The molecule has 1 aliphatic heterocycles. The van der Waals surface area contributed by atoms with Crippen molar-refractivity contribution in [2.24, 2.45) is 0 Å². The van der Waals surface area contributed by atoms with E-state index in [1.54, 1.807) is 44.2 Å². The van der Waals surface area contributed by atoms with Gasteiger partial charge in [0, 0.05) is 35.1 Å². The van der Waals surface area contributed by atoms with Crippen molar-refractivity contribution in [3.8, 4) is 17.2 Å². The summed E-state index contributed by atoms with van der Waals surface area (Å²) in [7, 11) is 4.71. The van der Waals surface area contributed by atoms with Gasteiger partial charge in [0.1, 0.15) is 17.6 Å². The Labute approximate surface area is 206 Å². The number of Topliss-reactive ketones (excluding diaryl/α,β-unsaturated/α-hetero) is 1. The number of fused-ring (bicyclic) bond motifs is 1. The van der Waals surface area contributed by atoms with Gasteiger partial charge in [-0.2, -0.15) is 4.98 Å². The Kier molecular flexibility index (Phi) is 6.38. The van der Waals surface area contributed by atoms with Crippen LogP contribution >= 0.6 is 11.8 Å².